The van der Waals surface area contributed by atoms with Gasteiger partial charge in [-0.1, -0.05) is 77.9 Å². The Bertz CT molecular complexity index is 2340. The Kier molecular flexibility index (Phi) is 8.41. The molecule has 2 aliphatic heterocycles. The summed E-state index contributed by atoms with van der Waals surface area (Å²) >= 11 is 6.38. The zero-order valence-electron chi connectivity index (χ0n) is 28.8. The normalized spacial score (nSPS) is 26.1. The standard InChI is InChI=1S/C42H33ClN2O9/c1-54-35-18-22(11-17-33(35)46)10-16-31-27-14-15-29-36(39(50)44(37(29)48)26-12-13-28(40(51)52)34(47)20-26)30(27)21-32-38(49)45(25-9-5-8-24(43)19-25)41(53)42(31,32)23-6-3-2-4-7-23/h2-14,16-20,29-32,36,46-47H,15,21H2,1H3,(H,51,52)/t29-,30+,31-,32-,36-,42-/m0/s1. The topological polar surface area (TPSA) is 162 Å². The quantitative estimate of drug-likeness (QED) is 0.144. The Morgan fingerprint density at radius 3 is 2.30 bits per heavy atom. The van der Waals surface area contributed by atoms with Crippen LogP contribution >= 0.6 is 11.6 Å². The second-order valence-corrected chi connectivity index (χ2v) is 14.4. The largest absolute Gasteiger partial charge is 0.507 e. The van der Waals surface area contributed by atoms with Crippen LogP contribution in [0.5, 0.6) is 17.2 Å². The van der Waals surface area contributed by atoms with E-state index in [4.69, 9.17) is 16.3 Å². The summed E-state index contributed by atoms with van der Waals surface area (Å²) in [5.74, 6) is -7.79. The van der Waals surface area contributed by atoms with Crippen LogP contribution in [0.15, 0.2) is 109 Å². The molecule has 0 aromatic heterocycles. The van der Waals surface area contributed by atoms with Gasteiger partial charge in [0.25, 0.3) is 0 Å². The average Bonchev–Trinajstić information content (AvgIpc) is 3.55. The lowest BCUT2D eigenvalue weighted by molar-refractivity contribution is -0.128. The number of carbonyl (C=O) groups is 5. The van der Waals surface area contributed by atoms with Gasteiger partial charge in [0.1, 0.15) is 11.3 Å². The fourth-order valence-electron chi connectivity index (χ4n) is 9.09. The van der Waals surface area contributed by atoms with Crippen molar-refractivity contribution in [3.63, 3.8) is 0 Å². The smallest absolute Gasteiger partial charge is 0.339 e. The molecule has 54 heavy (non-hydrogen) atoms. The Balaban J connectivity index is 1.30. The molecule has 4 aromatic carbocycles. The number of halogens is 1. The molecular weight excluding hydrogens is 712 g/mol. The minimum atomic E-state index is -1.46. The maximum Gasteiger partial charge on any atom is 0.339 e. The zero-order chi connectivity index (χ0) is 38.1. The molecule has 3 fully saturated rings. The predicted octanol–water partition coefficient (Wildman–Crippen LogP) is 6.37. The van der Waals surface area contributed by atoms with Crippen LogP contribution < -0.4 is 14.5 Å². The number of ether oxygens (including phenoxy) is 1. The zero-order valence-corrected chi connectivity index (χ0v) is 29.5. The van der Waals surface area contributed by atoms with Gasteiger partial charge in [-0.05, 0) is 72.4 Å². The van der Waals surface area contributed by atoms with Gasteiger partial charge in [0.15, 0.2) is 11.5 Å². The number of phenolic OH excluding ortho intramolecular Hbond substituents is 1. The number of nitrogens with zero attached hydrogens (tertiary/aromatic N) is 2. The maximum atomic E-state index is 15.3. The van der Waals surface area contributed by atoms with Gasteiger partial charge in [-0.15, -0.1) is 0 Å². The summed E-state index contributed by atoms with van der Waals surface area (Å²) in [5, 5.41) is 30.5. The fourth-order valence-corrected chi connectivity index (χ4v) is 9.27. The number of hydrogen-bond acceptors (Lipinski definition) is 8. The van der Waals surface area contributed by atoms with Gasteiger partial charge in [-0.25, -0.2) is 14.6 Å². The molecule has 0 radical (unpaired) electrons. The Morgan fingerprint density at radius 1 is 0.833 bits per heavy atom. The predicted molar refractivity (Wildman–Crippen MR) is 198 cm³/mol. The van der Waals surface area contributed by atoms with Crippen LogP contribution in [0.25, 0.3) is 6.08 Å². The first-order chi connectivity index (χ1) is 26.0. The van der Waals surface area contributed by atoms with Gasteiger partial charge in [0.2, 0.25) is 23.6 Å². The van der Waals surface area contributed by atoms with Crippen molar-refractivity contribution in [3.8, 4) is 17.2 Å². The van der Waals surface area contributed by atoms with E-state index >= 15 is 4.79 Å². The number of carbonyl (C=O) groups excluding carboxylic acids is 4. The molecular formula is C42H33ClN2O9. The molecule has 2 saturated heterocycles. The number of imide groups is 2. The molecule has 3 N–H and O–H groups in total. The number of carboxylic acid groups (broad SMARTS) is 1. The van der Waals surface area contributed by atoms with E-state index in [1.807, 2.05) is 42.5 Å². The SMILES string of the molecule is COc1cc(C=C[C@H]2C3=CC[C@@H]4C(=O)N(c5ccc(C(=O)O)c(O)c5)C(=O)[C@@H]4[C@@H]3C[C@H]3C(=O)N(c4cccc(Cl)c4)C(=O)[C@@]23c2ccccc2)ccc1O. The molecule has 2 heterocycles. The van der Waals surface area contributed by atoms with Gasteiger partial charge in [0, 0.05) is 17.0 Å². The molecule has 1 saturated carbocycles. The van der Waals surface area contributed by atoms with Crippen molar-refractivity contribution in [2.24, 2.45) is 29.6 Å². The van der Waals surface area contributed by atoms with Gasteiger partial charge < -0.3 is 20.1 Å². The third-order valence-corrected chi connectivity index (χ3v) is 11.6. The molecule has 0 bridgehead atoms. The van der Waals surface area contributed by atoms with Crippen molar-refractivity contribution in [2.75, 3.05) is 16.9 Å². The Labute approximate surface area is 314 Å². The number of fused-ring (bicyclic) bond motifs is 4. The number of anilines is 2. The van der Waals surface area contributed by atoms with Crippen LogP contribution in [0.2, 0.25) is 5.02 Å². The van der Waals surface area contributed by atoms with Crippen molar-refractivity contribution < 1.29 is 44.0 Å². The number of benzene rings is 4. The number of hydrogen-bond donors (Lipinski definition) is 3. The van der Waals surface area contributed by atoms with Crippen molar-refractivity contribution in [3.05, 3.63) is 130 Å². The van der Waals surface area contributed by atoms with Crippen LogP contribution in [0.4, 0.5) is 11.4 Å². The van der Waals surface area contributed by atoms with Crippen LogP contribution in [0.1, 0.15) is 34.3 Å². The molecule has 4 aromatic rings. The first-order valence-corrected chi connectivity index (χ1v) is 17.7. The van der Waals surface area contributed by atoms with Crippen LogP contribution in [0.3, 0.4) is 0 Å². The molecule has 4 aliphatic rings. The molecule has 11 nitrogen and oxygen atoms in total. The number of amides is 4. The molecule has 0 spiro atoms. The van der Waals surface area contributed by atoms with E-state index in [0.717, 1.165) is 22.6 Å². The lowest BCUT2D eigenvalue weighted by atomic mass is 9.50. The lowest BCUT2D eigenvalue weighted by Crippen LogP contribution is -2.54. The summed E-state index contributed by atoms with van der Waals surface area (Å²) in [6.45, 7) is 0. The molecule has 8 rings (SSSR count). The molecule has 4 amide bonds. The van der Waals surface area contributed by atoms with Crippen molar-refractivity contribution in [1.29, 1.82) is 0 Å². The number of methoxy groups -OCH3 is 1. The molecule has 2 aliphatic carbocycles. The van der Waals surface area contributed by atoms with E-state index in [9.17, 15) is 34.5 Å². The van der Waals surface area contributed by atoms with E-state index in [1.54, 1.807) is 42.5 Å². The second kappa shape index (κ2) is 13.0. The number of aromatic hydroxyl groups is 2. The van der Waals surface area contributed by atoms with E-state index < -0.39 is 70.4 Å². The van der Waals surface area contributed by atoms with E-state index in [1.165, 1.54) is 24.1 Å². The van der Waals surface area contributed by atoms with Gasteiger partial charge in [0.05, 0.1) is 41.7 Å². The summed E-state index contributed by atoms with van der Waals surface area (Å²) in [4.78, 5) is 72.4. The first kappa shape index (κ1) is 34.9. The Morgan fingerprint density at radius 2 is 1.59 bits per heavy atom. The number of carboxylic acids is 1. The van der Waals surface area contributed by atoms with E-state index in [-0.39, 0.29) is 35.6 Å². The number of allylic oxidation sites excluding steroid dienone is 3. The Hall–Kier alpha value is -6.20. The minimum Gasteiger partial charge on any atom is -0.507 e. The first-order valence-electron chi connectivity index (χ1n) is 17.4. The molecule has 272 valence electrons. The number of phenols is 2. The third kappa shape index (κ3) is 5.13. The monoisotopic (exact) mass is 744 g/mol. The highest BCUT2D eigenvalue weighted by Crippen LogP contribution is 2.62. The number of rotatable bonds is 7. The van der Waals surface area contributed by atoms with Crippen molar-refractivity contribution in [2.45, 2.75) is 18.3 Å². The third-order valence-electron chi connectivity index (χ3n) is 11.4. The molecule has 0 unspecified atom stereocenters. The van der Waals surface area contributed by atoms with Gasteiger partial charge in [-0.3, -0.25) is 19.2 Å². The van der Waals surface area contributed by atoms with Gasteiger partial charge >= 0.3 is 5.97 Å². The summed E-state index contributed by atoms with van der Waals surface area (Å²) in [7, 11) is 1.44. The molecule has 12 heteroatoms. The summed E-state index contributed by atoms with van der Waals surface area (Å²) in [6, 6.07) is 24.0. The summed E-state index contributed by atoms with van der Waals surface area (Å²) in [6.07, 6.45) is 5.82. The summed E-state index contributed by atoms with van der Waals surface area (Å²) < 4.78 is 5.34. The highest BCUT2D eigenvalue weighted by molar-refractivity contribution is 6.32. The fraction of sp³-hybridized carbons (Fsp3) is 0.214. The summed E-state index contributed by atoms with van der Waals surface area (Å²) in [5.41, 5.74) is 0.504. The van der Waals surface area contributed by atoms with Crippen molar-refractivity contribution in [1.82, 2.24) is 0 Å². The van der Waals surface area contributed by atoms with Gasteiger partial charge in [-0.2, -0.15) is 0 Å². The average molecular weight is 745 g/mol. The second-order valence-electron chi connectivity index (χ2n) is 13.9. The van der Waals surface area contributed by atoms with E-state index in [2.05, 4.69) is 0 Å². The van der Waals surface area contributed by atoms with E-state index in [0.29, 0.717) is 21.8 Å². The molecule has 6 atom stereocenters. The van der Waals surface area contributed by atoms with Crippen LogP contribution in [0, 0.1) is 29.6 Å². The van der Waals surface area contributed by atoms with Crippen LogP contribution in [-0.2, 0) is 24.6 Å². The highest BCUT2D eigenvalue weighted by atomic mass is 35.5. The lowest BCUT2D eigenvalue weighted by Gasteiger charge is -2.49. The minimum absolute atomic E-state index is 0.0369. The van der Waals surface area contributed by atoms with Crippen molar-refractivity contribution >= 4 is 58.6 Å². The highest BCUT2D eigenvalue weighted by Gasteiger charge is 2.69. The van der Waals surface area contributed by atoms with Crippen LogP contribution in [-0.4, -0.2) is 52.0 Å². The maximum absolute atomic E-state index is 15.3. The number of aromatic carboxylic acids is 1.